The molecule has 0 spiro atoms. The van der Waals surface area contributed by atoms with E-state index in [4.69, 9.17) is 0 Å². The van der Waals surface area contributed by atoms with Gasteiger partial charge < -0.3 is 4.79 Å². The maximum absolute atomic E-state index is 10.1. The number of allylic oxidation sites excluding steroid dienone is 1. The van der Waals surface area contributed by atoms with Gasteiger partial charge in [-0.25, -0.2) is 0 Å². The molecule has 0 saturated carbocycles. The summed E-state index contributed by atoms with van der Waals surface area (Å²) in [4.78, 5) is 10.1. The van der Waals surface area contributed by atoms with E-state index in [1.807, 2.05) is 6.92 Å². The van der Waals surface area contributed by atoms with Crippen molar-refractivity contribution < 1.29 is 4.79 Å². The number of rotatable bonds is 3. The molecule has 0 heterocycles. The molecule has 0 bridgehead atoms. The second-order valence-corrected chi connectivity index (χ2v) is 3.70. The molecule has 0 radical (unpaired) electrons. The molecule has 0 aromatic heterocycles. The highest BCUT2D eigenvalue weighted by Gasteiger charge is 2.15. The van der Waals surface area contributed by atoms with E-state index in [9.17, 15) is 4.79 Å². The maximum Gasteiger partial charge on any atom is 0.136 e. The predicted molar refractivity (Wildman–Crippen MR) is 38.2 cm³/mol. The largest absolute Gasteiger partial charge is 0.302 e. The van der Waals surface area contributed by atoms with Crippen LogP contribution in [0.1, 0.15) is 13.3 Å². The minimum Gasteiger partial charge on any atom is -0.302 e. The Morgan fingerprint density at radius 3 is 2.50 bits per heavy atom. The SMILES string of the molecule is C=CCC(C)(Br)C=O. The van der Waals surface area contributed by atoms with E-state index in [0.717, 1.165) is 6.29 Å². The number of aldehydes is 1. The van der Waals surface area contributed by atoms with Crippen LogP contribution in [0.4, 0.5) is 0 Å². The average Bonchev–Trinajstić information content (AvgIpc) is 1.67. The molecule has 0 N–H and O–H groups in total. The molecule has 1 atom stereocenters. The van der Waals surface area contributed by atoms with Gasteiger partial charge in [-0.3, -0.25) is 0 Å². The van der Waals surface area contributed by atoms with Gasteiger partial charge in [-0.15, -0.1) is 6.58 Å². The van der Waals surface area contributed by atoms with Gasteiger partial charge in [-0.2, -0.15) is 0 Å². The van der Waals surface area contributed by atoms with E-state index in [0.29, 0.717) is 6.42 Å². The number of carbonyl (C=O) groups is 1. The van der Waals surface area contributed by atoms with Gasteiger partial charge in [0.15, 0.2) is 0 Å². The summed E-state index contributed by atoms with van der Waals surface area (Å²) in [5.74, 6) is 0. The number of alkyl halides is 1. The molecule has 0 saturated heterocycles. The Morgan fingerprint density at radius 1 is 1.88 bits per heavy atom. The van der Waals surface area contributed by atoms with Crippen LogP contribution in [0.5, 0.6) is 0 Å². The lowest BCUT2D eigenvalue weighted by Crippen LogP contribution is -2.15. The Hall–Kier alpha value is -0.110. The van der Waals surface area contributed by atoms with Crippen LogP contribution >= 0.6 is 15.9 Å². The van der Waals surface area contributed by atoms with Crippen LogP contribution in [0.2, 0.25) is 0 Å². The number of hydrogen-bond donors (Lipinski definition) is 0. The van der Waals surface area contributed by atoms with Crippen LogP contribution < -0.4 is 0 Å². The molecular weight excluding hydrogens is 168 g/mol. The van der Waals surface area contributed by atoms with Gasteiger partial charge in [-0.1, -0.05) is 22.0 Å². The molecule has 0 aromatic rings. The van der Waals surface area contributed by atoms with Crippen LogP contribution in [-0.2, 0) is 4.79 Å². The quantitative estimate of drug-likeness (QED) is 0.365. The first-order valence-corrected chi connectivity index (χ1v) is 3.18. The molecule has 2 heteroatoms. The van der Waals surface area contributed by atoms with Crippen LogP contribution in [0.25, 0.3) is 0 Å². The van der Waals surface area contributed by atoms with Crippen LogP contribution in [0, 0.1) is 0 Å². The van der Waals surface area contributed by atoms with Crippen molar-refractivity contribution in [1.82, 2.24) is 0 Å². The fourth-order valence-electron chi connectivity index (χ4n) is 0.330. The summed E-state index contributed by atoms with van der Waals surface area (Å²) in [6.07, 6.45) is 3.26. The van der Waals surface area contributed by atoms with Crippen LogP contribution in [-0.4, -0.2) is 10.6 Å². The standard InChI is InChI=1S/C6H9BrO/c1-3-4-6(2,7)5-8/h3,5H,1,4H2,2H3. The summed E-state index contributed by atoms with van der Waals surface area (Å²) in [7, 11) is 0. The summed E-state index contributed by atoms with van der Waals surface area (Å²) < 4.78 is -0.394. The highest BCUT2D eigenvalue weighted by molar-refractivity contribution is 9.10. The number of halogens is 1. The van der Waals surface area contributed by atoms with Gasteiger partial charge in [0, 0.05) is 0 Å². The Labute approximate surface area is 57.9 Å². The smallest absolute Gasteiger partial charge is 0.136 e. The van der Waals surface area contributed by atoms with Crippen molar-refractivity contribution in [2.24, 2.45) is 0 Å². The molecule has 0 fully saturated rings. The molecule has 1 unspecified atom stereocenters. The Morgan fingerprint density at radius 2 is 2.38 bits per heavy atom. The van der Waals surface area contributed by atoms with Gasteiger partial charge in [0.25, 0.3) is 0 Å². The van der Waals surface area contributed by atoms with Gasteiger partial charge >= 0.3 is 0 Å². The highest BCUT2D eigenvalue weighted by Crippen LogP contribution is 2.18. The molecule has 0 aliphatic heterocycles. The molecule has 46 valence electrons. The van der Waals surface area contributed by atoms with Crippen LogP contribution in [0.15, 0.2) is 12.7 Å². The third-order valence-electron chi connectivity index (χ3n) is 0.789. The van der Waals surface area contributed by atoms with Gasteiger partial charge in [0.1, 0.15) is 6.29 Å². The van der Waals surface area contributed by atoms with Crippen molar-refractivity contribution in [2.75, 3.05) is 0 Å². The second-order valence-electron chi connectivity index (χ2n) is 1.89. The van der Waals surface area contributed by atoms with Crippen molar-refractivity contribution in [3.8, 4) is 0 Å². The molecule has 8 heavy (non-hydrogen) atoms. The van der Waals surface area contributed by atoms with E-state index in [-0.39, 0.29) is 0 Å². The van der Waals surface area contributed by atoms with E-state index >= 15 is 0 Å². The molecular formula is C6H9BrO. The van der Waals surface area contributed by atoms with Gasteiger partial charge in [0.2, 0.25) is 0 Å². The van der Waals surface area contributed by atoms with E-state index in [2.05, 4.69) is 22.5 Å². The summed E-state index contributed by atoms with van der Waals surface area (Å²) in [6, 6.07) is 0. The lowest BCUT2D eigenvalue weighted by molar-refractivity contribution is -0.109. The molecule has 0 rings (SSSR count). The van der Waals surface area contributed by atoms with E-state index < -0.39 is 4.32 Å². The van der Waals surface area contributed by atoms with E-state index in [1.54, 1.807) is 6.08 Å². The Kier molecular flexibility index (Phi) is 2.98. The molecule has 0 aliphatic carbocycles. The van der Waals surface area contributed by atoms with Crippen molar-refractivity contribution in [3.05, 3.63) is 12.7 Å². The third kappa shape index (κ3) is 2.97. The third-order valence-corrected chi connectivity index (χ3v) is 1.30. The second kappa shape index (κ2) is 3.02. The zero-order valence-corrected chi connectivity index (χ0v) is 6.44. The topological polar surface area (TPSA) is 17.1 Å². The molecule has 0 aliphatic rings. The molecule has 0 amide bonds. The van der Waals surface area contributed by atoms with Crippen LogP contribution in [0.3, 0.4) is 0 Å². The number of carbonyl (C=O) groups excluding carboxylic acids is 1. The summed E-state index contributed by atoms with van der Waals surface area (Å²) >= 11 is 3.20. The minimum absolute atomic E-state index is 0.394. The molecule has 1 nitrogen and oxygen atoms in total. The van der Waals surface area contributed by atoms with Crippen molar-refractivity contribution in [3.63, 3.8) is 0 Å². The fraction of sp³-hybridized carbons (Fsp3) is 0.500. The Bertz CT molecular complexity index is 96.7. The summed E-state index contributed by atoms with van der Waals surface area (Å²) in [5, 5.41) is 0. The average molecular weight is 177 g/mol. The van der Waals surface area contributed by atoms with Crippen molar-refractivity contribution in [1.29, 1.82) is 0 Å². The number of hydrogen-bond acceptors (Lipinski definition) is 1. The summed E-state index contributed by atoms with van der Waals surface area (Å²) in [6.45, 7) is 5.31. The zero-order valence-electron chi connectivity index (χ0n) is 4.86. The van der Waals surface area contributed by atoms with Gasteiger partial charge in [-0.05, 0) is 13.3 Å². The van der Waals surface area contributed by atoms with E-state index in [1.165, 1.54) is 0 Å². The maximum atomic E-state index is 10.1. The monoisotopic (exact) mass is 176 g/mol. The minimum atomic E-state index is -0.394. The van der Waals surface area contributed by atoms with Crippen molar-refractivity contribution >= 4 is 22.2 Å². The highest BCUT2D eigenvalue weighted by atomic mass is 79.9. The lowest BCUT2D eigenvalue weighted by atomic mass is 10.1. The first kappa shape index (κ1) is 7.89. The summed E-state index contributed by atoms with van der Waals surface area (Å²) in [5.41, 5.74) is 0. The molecule has 0 aromatic carbocycles. The Balaban J connectivity index is 3.70. The first-order valence-electron chi connectivity index (χ1n) is 2.38. The fourth-order valence-corrected chi connectivity index (χ4v) is 0.559. The van der Waals surface area contributed by atoms with Gasteiger partial charge in [0.05, 0.1) is 4.32 Å². The predicted octanol–water partition coefficient (Wildman–Crippen LogP) is 1.92. The lowest BCUT2D eigenvalue weighted by Gasteiger charge is -2.09. The normalized spacial score (nSPS) is 16.8. The zero-order chi connectivity index (χ0) is 6.62. The first-order chi connectivity index (χ1) is 3.62. The van der Waals surface area contributed by atoms with Crippen molar-refractivity contribution in [2.45, 2.75) is 17.7 Å².